The van der Waals surface area contributed by atoms with Crippen LogP contribution in [0.4, 0.5) is 0 Å². The number of fused-ring (bicyclic) bond motifs is 16. The van der Waals surface area contributed by atoms with E-state index in [1.165, 1.54) is 55.3 Å². The number of para-hydroxylation sites is 3. The molecule has 1 spiro atoms. The number of benzene rings is 6. The zero-order chi connectivity index (χ0) is 39.0. The van der Waals surface area contributed by atoms with Gasteiger partial charge in [-0.1, -0.05) is 126 Å². The summed E-state index contributed by atoms with van der Waals surface area (Å²) in [6.07, 6.45) is 2.57. The van der Waals surface area contributed by atoms with Gasteiger partial charge in [0.15, 0.2) is 22.8 Å². The maximum Gasteiger partial charge on any atom is 0.364 e. The molecule has 57 heavy (non-hydrogen) atoms. The van der Waals surface area contributed by atoms with Gasteiger partial charge < -0.3 is 4.42 Å². The maximum absolute atomic E-state index is 7.06. The van der Waals surface area contributed by atoms with E-state index < -0.39 is 13.7 Å². The molecule has 0 radical (unpaired) electrons. The van der Waals surface area contributed by atoms with Crippen LogP contribution in [-0.4, -0.2) is 12.6 Å². The highest BCUT2D eigenvalue weighted by Crippen LogP contribution is 2.53. The Hall–Kier alpha value is -6.04. The number of imidazole rings is 1. The van der Waals surface area contributed by atoms with Crippen LogP contribution < -0.4 is 14.3 Å². The number of pyridine rings is 1. The summed E-state index contributed by atoms with van der Waals surface area (Å²) in [4.78, 5) is 0. The molecule has 11 rings (SSSR count). The van der Waals surface area contributed by atoms with Crippen LogP contribution in [0.1, 0.15) is 61.8 Å². The summed E-state index contributed by atoms with van der Waals surface area (Å²) in [6.45, 7) is 16.8. The predicted molar refractivity (Wildman–Crippen MR) is 236 cm³/mol. The van der Waals surface area contributed by atoms with Gasteiger partial charge in [0.2, 0.25) is 5.69 Å². The molecule has 5 heterocycles. The van der Waals surface area contributed by atoms with Crippen LogP contribution in [0.2, 0.25) is 19.6 Å². The number of hydrogen-bond donors (Lipinski definition) is 0. The first-order valence-corrected chi connectivity index (χ1v) is 24.0. The Labute approximate surface area is 335 Å². The lowest BCUT2D eigenvalue weighted by Crippen LogP contribution is -2.72. The van der Waals surface area contributed by atoms with Gasteiger partial charge in [0.1, 0.15) is 16.8 Å². The first-order chi connectivity index (χ1) is 27.6. The summed E-state index contributed by atoms with van der Waals surface area (Å²) in [7, 11) is -1.82. The third-order valence-electron chi connectivity index (χ3n) is 12.8. The van der Waals surface area contributed by atoms with E-state index in [0.29, 0.717) is 11.8 Å². The molecule has 0 bridgehead atoms. The molecule has 1 unspecified atom stereocenters. The molecule has 0 N–H and O–H groups in total. The minimum Gasteiger partial charge on any atom is -0.455 e. The molecule has 2 aliphatic rings. The SMILES string of the molecule is CC(C)c1ccc2c(c1)C1(c3ccc4c(oc5ccccc54)c3-c3n(-c4ccc(-c5ccccc5)cc4)c4ccccc4[n+]31)[n+]1cc([Si](C)(C)C)c(C(C)C)cc1-2. The Morgan fingerprint density at radius 1 is 0.649 bits per heavy atom. The van der Waals surface area contributed by atoms with Crippen LogP contribution >= 0.6 is 0 Å². The minimum absolute atomic E-state index is 0.373. The Bertz CT molecular complexity index is 3110. The topological polar surface area (TPSA) is 25.8 Å². The van der Waals surface area contributed by atoms with E-state index >= 15 is 0 Å². The molecule has 1 atom stereocenters. The fourth-order valence-electron chi connectivity index (χ4n) is 10.1. The van der Waals surface area contributed by atoms with Crippen LogP contribution in [0.15, 0.2) is 150 Å². The quantitative estimate of drug-likeness (QED) is 0.127. The number of rotatable bonds is 5. The van der Waals surface area contributed by atoms with Crippen molar-refractivity contribution in [2.75, 3.05) is 0 Å². The lowest BCUT2D eigenvalue weighted by atomic mass is 9.86. The smallest absolute Gasteiger partial charge is 0.364 e. The highest BCUT2D eigenvalue weighted by molar-refractivity contribution is 6.89. The van der Waals surface area contributed by atoms with E-state index in [1.54, 1.807) is 0 Å². The van der Waals surface area contributed by atoms with Gasteiger partial charge in [0.05, 0.1) is 24.8 Å². The standard InChI is InChI=1S/C52H47N3OSi/c1-32(2)36-23-26-40-43(29-36)52(53-31-48(57(5,6)7)41(33(3)4)30-46(40)53)42-28-27-39-38-17-11-14-20-47(38)56-50(39)49(42)51-54(44-18-12-13-19-45(44)55(51)52)37-24-21-35(22-25-37)34-15-9-8-10-16-34/h8-33H,1-7H3/q+2. The van der Waals surface area contributed by atoms with Crippen molar-refractivity contribution in [1.29, 1.82) is 0 Å². The number of nitrogens with zero attached hydrogens (tertiary/aromatic N) is 3. The van der Waals surface area contributed by atoms with Crippen molar-refractivity contribution in [3.63, 3.8) is 0 Å². The first-order valence-electron chi connectivity index (χ1n) is 20.5. The molecular formula is C52H47N3OSi+2. The molecule has 6 aromatic carbocycles. The van der Waals surface area contributed by atoms with Crippen molar-refractivity contribution >= 4 is 46.2 Å². The van der Waals surface area contributed by atoms with Crippen LogP contribution in [0.3, 0.4) is 0 Å². The number of aromatic nitrogens is 3. The summed E-state index contributed by atoms with van der Waals surface area (Å²) in [5.41, 5.74) is 16.1. The van der Waals surface area contributed by atoms with E-state index in [4.69, 9.17) is 4.42 Å². The molecule has 4 nitrogen and oxygen atoms in total. The third kappa shape index (κ3) is 4.60. The second-order valence-electron chi connectivity index (χ2n) is 17.8. The number of hydrogen-bond acceptors (Lipinski definition) is 1. The number of furan rings is 1. The summed E-state index contributed by atoms with van der Waals surface area (Å²) in [6, 6.07) is 51.8. The Morgan fingerprint density at radius 2 is 1.37 bits per heavy atom. The molecule has 0 amide bonds. The van der Waals surface area contributed by atoms with Crippen molar-refractivity contribution < 1.29 is 13.6 Å². The van der Waals surface area contributed by atoms with Crippen molar-refractivity contribution in [2.24, 2.45) is 0 Å². The van der Waals surface area contributed by atoms with Crippen molar-refractivity contribution in [2.45, 2.75) is 64.8 Å². The molecule has 0 fully saturated rings. The highest BCUT2D eigenvalue weighted by Gasteiger charge is 2.67. The summed E-state index contributed by atoms with van der Waals surface area (Å²) >= 11 is 0. The highest BCUT2D eigenvalue weighted by atomic mass is 28.3. The molecule has 2 aliphatic heterocycles. The van der Waals surface area contributed by atoms with E-state index in [2.05, 4.69) is 207 Å². The summed E-state index contributed by atoms with van der Waals surface area (Å²) in [5, 5.41) is 3.79. The van der Waals surface area contributed by atoms with Gasteiger partial charge >= 0.3 is 11.5 Å². The summed E-state index contributed by atoms with van der Waals surface area (Å²) in [5.74, 6) is 1.91. The van der Waals surface area contributed by atoms with E-state index in [9.17, 15) is 0 Å². The Kier molecular flexibility index (Phi) is 7.20. The van der Waals surface area contributed by atoms with Gasteiger partial charge in [-0.25, -0.2) is 0 Å². The molecular weight excluding hydrogens is 711 g/mol. The lowest BCUT2D eigenvalue weighted by Gasteiger charge is -2.25. The van der Waals surface area contributed by atoms with E-state index in [-0.39, 0.29) is 0 Å². The fraction of sp³-hybridized carbons (Fsp3) is 0.192. The van der Waals surface area contributed by atoms with Crippen LogP contribution in [-0.2, 0) is 5.66 Å². The third-order valence-corrected chi connectivity index (χ3v) is 14.8. The average Bonchev–Trinajstić information content (AvgIpc) is 3.93. The molecule has 0 saturated heterocycles. The second kappa shape index (κ2) is 12.0. The Morgan fingerprint density at radius 3 is 2.12 bits per heavy atom. The largest absolute Gasteiger partial charge is 0.455 e. The van der Waals surface area contributed by atoms with Crippen molar-refractivity contribution in [3.05, 3.63) is 168 Å². The summed E-state index contributed by atoms with van der Waals surface area (Å²) < 4.78 is 14.9. The van der Waals surface area contributed by atoms with Crippen LogP contribution in [0.25, 0.3) is 72.4 Å². The molecule has 278 valence electrons. The van der Waals surface area contributed by atoms with Crippen LogP contribution in [0.5, 0.6) is 0 Å². The van der Waals surface area contributed by atoms with Gasteiger partial charge in [-0.3, -0.25) is 0 Å². The van der Waals surface area contributed by atoms with Gasteiger partial charge in [-0.2, -0.15) is 4.57 Å². The molecule has 9 aromatic rings. The maximum atomic E-state index is 7.06. The normalized spacial score (nSPS) is 15.7. The van der Waals surface area contributed by atoms with Crippen molar-refractivity contribution in [3.8, 4) is 39.5 Å². The van der Waals surface area contributed by atoms with Crippen molar-refractivity contribution in [1.82, 2.24) is 4.57 Å². The molecule has 5 heteroatoms. The van der Waals surface area contributed by atoms with Gasteiger partial charge in [-0.15, -0.1) is 9.13 Å². The zero-order valence-corrected chi connectivity index (χ0v) is 34.8. The minimum atomic E-state index is -1.82. The van der Waals surface area contributed by atoms with Gasteiger partial charge in [-0.05, 0) is 88.7 Å². The van der Waals surface area contributed by atoms with E-state index in [0.717, 1.165) is 44.5 Å². The average molecular weight is 758 g/mol. The lowest BCUT2D eigenvalue weighted by molar-refractivity contribution is -0.944. The van der Waals surface area contributed by atoms with Crippen LogP contribution in [0, 0.1) is 0 Å². The fourth-order valence-corrected chi connectivity index (χ4v) is 11.8. The molecule has 0 saturated carbocycles. The Balaban J connectivity index is 1.35. The second-order valence-corrected chi connectivity index (χ2v) is 22.8. The van der Waals surface area contributed by atoms with E-state index in [1.807, 2.05) is 0 Å². The van der Waals surface area contributed by atoms with Gasteiger partial charge in [0, 0.05) is 22.0 Å². The zero-order valence-electron chi connectivity index (χ0n) is 33.8. The predicted octanol–water partition coefficient (Wildman–Crippen LogP) is 11.8. The van der Waals surface area contributed by atoms with Gasteiger partial charge in [0.25, 0.3) is 0 Å². The molecule has 0 aliphatic carbocycles. The monoisotopic (exact) mass is 757 g/mol. The first kappa shape index (κ1) is 34.2. The molecule has 3 aromatic heterocycles.